The maximum absolute atomic E-state index is 15.1. The van der Waals surface area contributed by atoms with Crippen LogP contribution in [0.3, 0.4) is 0 Å². The average molecular weight is 634 g/mol. The minimum atomic E-state index is -3.55. The van der Waals surface area contributed by atoms with Crippen molar-refractivity contribution in [3.8, 4) is 16.9 Å². The second-order valence-electron chi connectivity index (χ2n) is 10.2. The summed E-state index contributed by atoms with van der Waals surface area (Å²) in [7, 11) is -2.15. The monoisotopic (exact) mass is 633 g/mol. The molecule has 1 fully saturated rings. The lowest BCUT2D eigenvalue weighted by Gasteiger charge is -2.31. The number of ether oxygens (including phenoxy) is 2. The van der Waals surface area contributed by atoms with Gasteiger partial charge >= 0.3 is 0 Å². The van der Waals surface area contributed by atoms with Crippen LogP contribution in [0, 0.1) is 12.7 Å². The first-order valence-corrected chi connectivity index (χ1v) is 15.7. The van der Waals surface area contributed by atoms with Gasteiger partial charge in [-0.25, -0.2) is 12.8 Å². The number of hydrogen-bond donors (Lipinski definition) is 1. The van der Waals surface area contributed by atoms with E-state index in [0.29, 0.717) is 30.1 Å². The Morgan fingerprint density at radius 2 is 2.12 bits per heavy atom. The Hall–Kier alpha value is -3.23. The molecule has 1 saturated heterocycles. The highest BCUT2D eigenvalue weighted by atomic mass is 35.5. The van der Waals surface area contributed by atoms with Crippen LogP contribution in [0.4, 0.5) is 9.52 Å². The van der Waals surface area contributed by atoms with E-state index in [0.717, 1.165) is 11.3 Å². The number of carbonyl (C=O) groups excluding carboxylic acids is 1. The maximum Gasteiger partial charge on any atom is 0.259 e. The molecular weight excluding hydrogens is 605 g/mol. The van der Waals surface area contributed by atoms with Crippen molar-refractivity contribution in [3.63, 3.8) is 0 Å². The number of halogens is 2. The molecule has 2 aliphatic rings. The first kappa shape index (κ1) is 30.2. The van der Waals surface area contributed by atoms with Crippen LogP contribution in [-0.4, -0.2) is 64.9 Å². The van der Waals surface area contributed by atoms with Crippen LogP contribution < -0.4 is 10.1 Å². The van der Waals surface area contributed by atoms with Gasteiger partial charge in [-0.1, -0.05) is 47.2 Å². The number of rotatable bonds is 9. The van der Waals surface area contributed by atoms with Crippen molar-refractivity contribution in [2.24, 2.45) is 0 Å². The van der Waals surface area contributed by atoms with Crippen molar-refractivity contribution in [2.75, 3.05) is 25.5 Å². The van der Waals surface area contributed by atoms with Gasteiger partial charge in [-0.05, 0) is 44.9 Å². The highest BCUT2D eigenvalue weighted by Crippen LogP contribution is 2.38. The van der Waals surface area contributed by atoms with Crippen molar-refractivity contribution in [2.45, 2.75) is 44.1 Å². The minimum Gasteiger partial charge on any atom is -0.496 e. The van der Waals surface area contributed by atoms with Crippen molar-refractivity contribution in [1.82, 2.24) is 19.5 Å². The highest BCUT2D eigenvalue weighted by molar-refractivity contribution is 7.90. The quantitative estimate of drug-likeness (QED) is 0.343. The fraction of sp³-hybridized carbons (Fsp3) is 0.357. The molecule has 14 heteroatoms. The third kappa shape index (κ3) is 5.97. The van der Waals surface area contributed by atoms with Gasteiger partial charge in [-0.3, -0.25) is 15.1 Å². The Balaban J connectivity index is 1.24. The summed E-state index contributed by atoms with van der Waals surface area (Å²) in [6.45, 7) is 4.19. The number of allylic oxidation sites excluding steroid dienone is 3. The molecule has 222 valence electrons. The molecule has 1 amide bonds. The summed E-state index contributed by atoms with van der Waals surface area (Å²) in [6, 6.07) is 4.49. The Labute approximate surface area is 252 Å². The zero-order valence-electron chi connectivity index (χ0n) is 23.1. The molecule has 0 bridgehead atoms. The average Bonchev–Trinajstić information content (AvgIpc) is 3.63. The van der Waals surface area contributed by atoms with E-state index in [1.165, 1.54) is 29.7 Å². The number of hydrogen-bond acceptors (Lipinski definition) is 9. The molecule has 1 unspecified atom stereocenters. The molecule has 2 aromatic heterocycles. The number of anilines is 1. The topological polar surface area (TPSA) is 124 Å². The van der Waals surface area contributed by atoms with Crippen molar-refractivity contribution < 1.29 is 27.1 Å². The van der Waals surface area contributed by atoms with Gasteiger partial charge in [0, 0.05) is 30.5 Å². The standard InChI is InChI=1S/C28H29ClFN5O5S2/c1-17-13-19(24-22(39-3)8-7-21(29)25(24)30)20(14-31-17)26(36)32-27-34-33-23(41-27)16-40-18-9-12-35(15-18)42(37,38)28(2)10-5-4-6-11-28/h4-8,10,13-14,18H,9,11-12,15-16H2,1-3H3,(H,32,34,36)/t18-,28?/m0/s1. The van der Waals surface area contributed by atoms with Gasteiger partial charge in [0.1, 0.15) is 22.1 Å². The van der Waals surface area contributed by atoms with Gasteiger partial charge in [0.2, 0.25) is 15.2 Å². The van der Waals surface area contributed by atoms with Crippen LogP contribution in [0.2, 0.25) is 5.02 Å². The zero-order chi connectivity index (χ0) is 30.1. The molecular formula is C28H29ClFN5O5S2. The van der Waals surface area contributed by atoms with E-state index in [1.807, 2.05) is 12.2 Å². The van der Waals surface area contributed by atoms with Gasteiger partial charge in [0.25, 0.3) is 5.91 Å². The number of amides is 1. The van der Waals surface area contributed by atoms with Crippen LogP contribution in [-0.2, 0) is 21.4 Å². The van der Waals surface area contributed by atoms with Gasteiger partial charge in [-0.15, -0.1) is 10.2 Å². The van der Waals surface area contributed by atoms with Crippen LogP contribution in [0.15, 0.2) is 48.7 Å². The van der Waals surface area contributed by atoms with E-state index < -0.39 is 26.5 Å². The molecule has 1 aliphatic carbocycles. The van der Waals surface area contributed by atoms with Crippen LogP contribution in [0.1, 0.15) is 40.8 Å². The summed E-state index contributed by atoms with van der Waals surface area (Å²) >= 11 is 7.15. The molecule has 3 aromatic rings. The maximum atomic E-state index is 15.1. The van der Waals surface area contributed by atoms with E-state index in [4.69, 9.17) is 21.1 Å². The molecule has 5 rings (SSSR count). The molecule has 1 aromatic carbocycles. The van der Waals surface area contributed by atoms with E-state index in [-0.39, 0.29) is 51.8 Å². The second-order valence-corrected chi connectivity index (χ2v) is 14.0. The van der Waals surface area contributed by atoms with Gasteiger partial charge in [0.15, 0.2) is 5.82 Å². The summed E-state index contributed by atoms with van der Waals surface area (Å²) in [5.41, 5.74) is 0.971. The molecule has 0 saturated carbocycles. The Bertz CT molecular complexity index is 1680. The third-order valence-corrected chi connectivity index (χ3v) is 10.8. The summed E-state index contributed by atoms with van der Waals surface area (Å²) in [6.07, 6.45) is 9.24. The molecule has 1 N–H and O–H groups in total. The van der Waals surface area contributed by atoms with E-state index in [1.54, 1.807) is 32.1 Å². The fourth-order valence-electron chi connectivity index (χ4n) is 4.86. The normalized spacial score (nSPS) is 20.6. The smallest absolute Gasteiger partial charge is 0.259 e. The zero-order valence-corrected chi connectivity index (χ0v) is 25.5. The van der Waals surface area contributed by atoms with Crippen LogP contribution >= 0.6 is 22.9 Å². The predicted molar refractivity (Wildman–Crippen MR) is 159 cm³/mol. The molecule has 10 nitrogen and oxygen atoms in total. The summed E-state index contributed by atoms with van der Waals surface area (Å²) in [5.74, 6) is -1.07. The third-order valence-electron chi connectivity index (χ3n) is 7.22. The van der Waals surface area contributed by atoms with Gasteiger partial charge < -0.3 is 9.47 Å². The number of nitrogens with one attached hydrogen (secondary N) is 1. The molecule has 1 aliphatic heterocycles. The van der Waals surface area contributed by atoms with Crippen LogP contribution in [0.25, 0.3) is 11.1 Å². The molecule has 2 atom stereocenters. The van der Waals surface area contributed by atoms with Crippen molar-refractivity contribution >= 4 is 44.0 Å². The second kappa shape index (κ2) is 12.2. The first-order chi connectivity index (χ1) is 20.0. The number of methoxy groups -OCH3 is 1. The van der Waals surface area contributed by atoms with E-state index >= 15 is 4.39 Å². The number of pyridine rings is 1. The van der Waals surface area contributed by atoms with Crippen LogP contribution in [0.5, 0.6) is 5.75 Å². The number of carbonyl (C=O) groups is 1. The predicted octanol–water partition coefficient (Wildman–Crippen LogP) is 5.16. The lowest BCUT2D eigenvalue weighted by Crippen LogP contribution is -2.45. The largest absolute Gasteiger partial charge is 0.496 e. The lowest BCUT2D eigenvalue weighted by molar-refractivity contribution is 0.0504. The van der Waals surface area contributed by atoms with E-state index in [2.05, 4.69) is 20.5 Å². The molecule has 0 spiro atoms. The minimum absolute atomic E-state index is 0.0459. The van der Waals surface area contributed by atoms with E-state index in [9.17, 15) is 13.2 Å². The SMILES string of the molecule is COc1ccc(Cl)c(F)c1-c1cc(C)ncc1C(=O)Nc1nnc(CO[C@H]2CCN(S(=O)(=O)C3(C)C=CC=CC3)C2)s1. The molecule has 0 radical (unpaired) electrons. The lowest BCUT2D eigenvalue weighted by atomic mass is 9.98. The van der Waals surface area contributed by atoms with Gasteiger partial charge in [-0.2, -0.15) is 4.31 Å². The Morgan fingerprint density at radius 3 is 2.86 bits per heavy atom. The molecule has 3 heterocycles. The first-order valence-electron chi connectivity index (χ1n) is 13.1. The number of nitrogens with zero attached hydrogens (tertiary/aromatic N) is 4. The Kier molecular flexibility index (Phi) is 8.76. The number of aromatic nitrogens is 3. The number of sulfonamides is 1. The fourth-order valence-corrected chi connectivity index (χ4v) is 7.53. The van der Waals surface area contributed by atoms with Gasteiger partial charge in [0.05, 0.1) is 29.4 Å². The number of benzene rings is 1. The summed E-state index contributed by atoms with van der Waals surface area (Å²) < 4.78 is 53.4. The highest BCUT2D eigenvalue weighted by Gasteiger charge is 2.44. The summed E-state index contributed by atoms with van der Waals surface area (Å²) in [4.78, 5) is 17.5. The summed E-state index contributed by atoms with van der Waals surface area (Å²) in [5, 5.41) is 11.4. The molecule has 42 heavy (non-hydrogen) atoms. The number of aryl methyl sites for hydroxylation is 1. The Morgan fingerprint density at radius 1 is 1.31 bits per heavy atom. The van der Waals surface area contributed by atoms with Crippen molar-refractivity contribution in [1.29, 1.82) is 0 Å². The van der Waals surface area contributed by atoms with Crippen molar-refractivity contribution in [3.05, 3.63) is 75.8 Å².